The lowest BCUT2D eigenvalue weighted by atomic mass is 10.2. The smallest absolute Gasteiger partial charge is 0.230 e. The molecule has 2 aromatic carbocycles. The number of aromatic amines is 1. The van der Waals surface area contributed by atoms with Crippen LogP contribution < -0.4 is 5.32 Å². The maximum atomic E-state index is 13.6. The molecule has 0 radical (unpaired) electrons. The van der Waals surface area contributed by atoms with Crippen molar-refractivity contribution in [1.29, 1.82) is 0 Å². The maximum absolute atomic E-state index is 13.6. The summed E-state index contributed by atoms with van der Waals surface area (Å²) in [6, 6.07) is 16.0. The van der Waals surface area contributed by atoms with E-state index in [9.17, 15) is 9.18 Å². The van der Waals surface area contributed by atoms with Crippen LogP contribution in [0.5, 0.6) is 0 Å². The zero-order valence-corrected chi connectivity index (χ0v) is 16.4. The Balaban J connectivity index is 1.78. The van der Waals surface area contributed by atoms with Gasteiger partial charge in [-0.2, -0.15) is 0 Å². The highest BCUT2D eigenvalue weighted by atomic mass is 32.2. The molecule has 0 saturated heterocycles. The first-order valence-corrected chi connectivity index (χ1v) is 9.95. The van der Waals surface area contributed by atoms with Gasteiger partial charge in [0, 0.05) is 31.4 Å². The van der Waals surface area contributed by atoms with Crippen LogP contribution in [0.1, 0.15) is 6.42 Å². The average molecular weight is 399 g/mol. The van der Waals surface area contributed by atoms with Gasteiger partial charge in [0.2, 0.25) is 5.91 Å². The van der Waals surface area contributed by atoms with Gasteiger partial charge in [-0.3, -0.25) is 4.79 Å². The molecule has 3 aromatic rings. The van der Waals surface area contributed by atoms with Crippen molar-refractivity contribution in [2.24, 2.45) is 0 Å². The molecule has 7 heteroatoms. The first-order chi connectivity index (χ1) is 13.7. The lowest BCUT2D eigenvalue weighted by Crippen LogP contribution is -2.26. The van der Waals surface area contributed by atoms with Gasteiger partial charge in [0.1, 0.15) is 16.7 Å². The van der Waals surface area contributed by atoms with Crippen molar-refractivity contribution in [1.82, 2.24) is 15.3 Å². The van der Waals surface area contributed by atoms with Crippen molar-refractivity contribution >= 4 is 17.7 Å². The van der Waals surface area contributed by atoms with E-state index in [1.807, 2.05) is 30.3 Å². The topological polar surface area (TPSA) is 67.0 Å². The van der Waals surface area contributed by atoms with Crippen LogP contribution in [0, 0.1) is 5.82 Å². The molecule has 146 valence electrons. The van der Waals surface area contributed by atoms with Crippen LogP contribution in [0.4, 0.5) is 4.39 Å². The highest BCUT2D eigenvalue weighted by Crippen LogP contribution is 2.32. The number of carbonyl (C=O) groups is 1. The first kappa shape index (κ1) is 20.1. The number of thioether (sulfide) groups is 1. The SMILES string of the molecule is COCCCNC(=O)CSc1nc(-c2cccc(F)c2)[nH]c1-c1ccccc1. The fourth-order valence-electron chi connectivity index (χ4n) is 2.66. The van der Waals surface area contributed by atoms with Gasteiger partial charge in [-0.25, -0.2) is 9.37 Å². The number of imidazole rings is 1. The van der Waals surface area contributed by atoms with Crippen molar-refractivity contribution in [3.05, 3.63) is 60.4 Å². The number of aromatic nitrogens is 2. The standard InChI is InChI=1S/C21H22FN3O2S/c1-27-12-6-11-23-18(26)14-28-21-19(15-7-3-2-4-8-15)24-20(25-21)16-9-5-10-17(22)13-16/h2-5,7-10,13H,6,11-12,14H2,1H3,(H,23,26)(H,24,25). The summed E-state index contributed by atoms with van der Waals surface area (Å²) in [6.45, 7) is 1.19. The number of H-pyrrole nitrogens is 1. The van der Waals surface area contributed by atoms with Crippen molar-refractivity contribution in [3.63, 3.8) is 0 Å². The molecule has 0 spiro atoms. The van der Waals surface area contributed by atoms with E-state index >= 15 is 0 Å². The fraction of sp³-hybridized carbons (Fsp3) is 0.238. The van der Waals surface area contributed by atoms with Gasteiger partial charge in [0.05, 0.1) is 11.4 Å². The van der Waals surface area contributed by atoms with Crippen LogP contribution in [0.15, 0.2) is 59.6 Å². The molecule has 28 heavy (non-hydrogen) atoms. The van der Waals surface area contributed by atoms with Crippen molar-refractivity contribution < 1.29 is 13.9 Å². The van der Waals surface area contributed by atoms with Gasteiger partial charge in [-0.1, -0.05) is 54.2 Å². The highest BCUT2D eigenvalue weighted by molar-refractivity contribution is 8.00. The quantitative estimate of drug-likeness (QED) is 0.419. The third-order valence-corrected chi connectivity index (χ3v) is 4.99. The van der Waals surface area contributed by atoms with Gasteiger partial charge in [0.15, 0.2) is 0 Å². The molecule has 1 heterocycles. The summed E-state index contributed by atoms with van der Waals surface area (Å²) >= 11 is 1.35. The Hall–Kier alpha value is -2.64. The lowest BCUT2D eigenvalue weighted by Gasteiger charge is -2.05. The molecule has 0 fully saturated rings. The van der Waals surface area contributed by atoms with E-state index in [4.69, 9.17) is 4.74 Å². The second-order valence-electron chi connectivity index (χ2n) is 6.13. The number of nitrogens with one attached hydrogen (secondary N) is 2. The maximum Gasteiger partial charge on any atom is 0.230 e. The van der Waals surface area contributed by atoms with Crippen LogP contribution in [0.3, 0.4) is 0 Å². The number of hydrogen-bond acceptors (Lipinski definition) is 4. The molecule has 0 aliphatic heterocycles. The Morgan fingerprint density at radius 1 is 1.18 bits per heavy atom. The minimum Gasteiger partial charge on any atom is -0.385 e. The van der Waals surface area contributed by atoms with Crippen LogP contribution in [-0.4, -0.2) is 41.9 Å². The highest BCUT2D eigenvalue weighted by Gasteiger charge is 2.15. The van der Waals surface area contributed by atoms with Gasteiger partial charge in [-0.05, 0) is 18.6 Å². The molecule has 0 aliphatic rings. The number of nitrogens with zero attached hydrogens (tertiary/aromatic N) is 1. The Bertz CT molecular complexity index is 915. The monoisotopic (exact) mass is 399 g/mol. The zero-order chi connectivity index (χ0) is 19.8. The van der Waals surface area contributed by atoms with Crippen LogP contribution >= 0.6 is 11.8 Å². The number of rotatable bonds is 9. The van der Waals surface area contributed by atoms with Crippen LogP contribution in [-0.2, 0) is 9.53 Å². The number of ether oxygens (including phenoxy) is 1. The van der Waals surface area contributed by atoms with Crippen molar-refractivity contribution in [2.45, 2.75) is 11.4 Å². The summed E-state index contributed by atoms with van der Waals surface area (Å²) < 4.78 is 18.6. The summed E-state index contributed by atoms with van der Waals surface area (Å²) in [5.41, 5.74) is 2.44. The Morgan fingerprint density at radius 2 is 1.96 bits per heavy atom. The van der Waals surface area contributed by atoms with Crippen molar-refractivity contribution in [2.75, 3.05) is 26.0 Å². The number of methoxy groups -OCH3 is 1. The molecule has 5 nitrogen and oxygen atoms in total. The van der Waals surface area contributed by atoms with Gasteiger partial charge >= 0.3 is 0 Å². The summed E-state index contributed by atoms with van der Waals surface area (Å²) in [5, 5.41) is 3.57. The van der Waals surface area contributed by atoms with E-state index in [2.05, 4.69) is 15.3 Å². The second kappa shape index (κ2) is 10.1. The normalized spacial score (nSPS) is 10.8. The minimum atomic E-state index is -0.320. The largest absolute Gasteiger partial charge is 0.385 e. The average Bonchev–Trinajstić information content (AvgIpc) is 3.15. The summed E-state index contributed by atoms with van der Waals surface area (Å²) in [6.07, 6.45) is 0.772. The van der Waals surface area contributed by atoms with Gasteiger partial charge in [-0.15, -0.1) is 0 Å². The fourth-order valence-corrected chi connectivity index (χ4v) is 3.50. The summed E-state index contributed by atoms with van der Waals surface area (Å²) in [5.74, 6) is 0.442. The molecule has 1 aromatic heterocycles. The van der Waals surface area contributed by atoms with E-state index in [0.717, 1.165) is 17.7 Å². The molecule has 2 N–H and O–H groups in total. The molecule has 0 aliphatic carbocycles. The molecule has 0 saturated carbocycles. The number of hydrogen-bond donors (Lipinski definition) is 2. The van der Waals surface area contributed by atoms with E-state index in [0.29, 0.717) is 29.6 Å². The van der Waals surface area contributed by atoms with Gasteiger partial charge < -0.3 is 15.0 Å². The number of carbonyl (C=O) groups excluding carboxylic acids is 1. The number of amides is 1. The number of benzene rings is 2. The Kier molecular flexibility index (Phi) is 7.22. The summed E-state index contributed by atoms with van der Waals surface area (Å²) in [7, 11) is 1.64. The van der Waals surface area contributed by atoms with Crippen LogP contribution in [0.25, 0.3) is 22.6 Å². The molecular weight excluding hydrogens is 377 g/mol. The molecule has 0 unspecified atom stereocenters. The molecular formula is C21H22FN3O2S. The second-order valence-corrected chi connectivity index (χ2v) is 7.09. The molecule has 3 rings (SSSR count). The third-order valence-electron chi connectivity index (χ3n) is 4.02. The van der Waals surface area contributed by atoms with E-state index in [1.54, 1.807) is 19.2 Å². The Morgan fingerprint density at radius 3 is 2.71 bits per heavy atom. The van der Waals surface area contributed by atoms with Crippen molar-refractivity contribution in [3.8, 4) is 22.6 Å². The number of halogens is 1. The summed E-state index contributed by atoms with van der Waals surface area (Å²) in [4.78, 5) is 20.0. The lowest BCUT2D eigenvalue weighted by molar-refractivity contribution is -0.118. The molecule has 0 bridgehead atoms. The first-order valence-electron chi connectivity index (χ1n) is 8.97. The predicted molar refractivity (Wildman–Crippen MR) is 110 cm³/mol. The van der Waals surface area contributed by atoms with Gasteiger partial charge in [0.25, 0.3) is 0 Å². The molecule has 0 atom stereocenters. The minimum absolute atomic E-state index is 0.0598. The van der Waals surface area contributed by atoms with Crippen LogP contribution in [0.2, 0.25) is 0 Å². The van der Waals surface area contributed by atoms with E-state index in [-0.39, 0.29) is 17.5 Å². The third kappa shape index (κ3) is 5.43. The van der Waals surface area contributed by atoms with E-state index < -0.39 is 0 Å². The Labute approximate surface area is 167 Å². The molecule has 1 amide bonds. The predicted octanol–water partition coefficient (Wildman–Crippen LogP) is 4.13. The zero-order valence-electron chi connectivity index (χ0n) is 15.6. The van der Waals surface area contributed by atoms with E-state index in [1.165, 1.54) is 23.9 Å².